The van der Waals surface area contributed by atoms with E-state index in [1.54, 1.807) is 37.3 Å². The van der Waals surface area contributed by atoms with Crippen molar-refractivity contribution in [3.63, 3.8) is 0 Å². The SMILES string of the molecule is CCOC(=O)c1ccc(CCN(C)CCCC(C#N)(C(=O)OC)c2ccc(CO)c(CO)c2)cc1. The lowest BCUT2D eigenvalue weighted by Crippen LogP contribution is -2.37. The van der Waals surface area contributed by atoms with Crippen molar-refractivity contribution in [2.24, 2.45) is 0 Å². The van der Waals surface area contributed by atoms with Gasteiger partial charge in [-0.15, -0.1) is 0 Å². The predicted octanol–water partition coefficient (Wildman–Crippen LogP) is 2.74. The van der Waals surface area contributed by atoms with Gasteiger partial charge in [0.1, 0.15) is 0 Å². The van der Waals surface area contributed by atoms with Gasteiger partial charge in [-0.2, -0.15) is 5.26 Å². The Bertz CT molecular complexity index is 1030. The molecule has 0 bridgehead atoms. The zero-order valence-electron chi connectivity index (χ0n) is 20.6. The summed E-state index contributed by atoms with van der Waals surface area (Å²) in [7, 11) is 3.22. The number of hydrogen-bond acceptors (Lipinski definition) is 8. The molecule has 1 unspecified atom stereocenters. The van der Waals surface area contributed by atoms with Crippen LogP contribution in [0.5, 0.6) is 0 Å². The molecule has 8 heteroatoms. The van der Waals surface area contributed by atoms with Crippen molar-refractivity contribution >= 4 is 11.9 Å². The minimum Gasteiger partial charge on any atom is -0.468 e. The minimum absolute atomic E-state index is 0.246. The van der Waals surface area contributed by atoms with Crippen LogP contribution in [0.3, 0.4) is 0 Å². The number of aliphatic hydroxyl groups is 2. The number of carbonyl (C=O) groups is 2. The molecule has 0 fully saturated rings. The molecule has 0 aromatic heterocycles. The van der Waals surface area contributed by atoms with E-state index in [-0.39, 0.29) is 25.6 Å². The zero-order valence-corrected chi connectivity index (χ0v) is 20.6. The number of nitrogens with zero attached hydrogens (tertiary/aromatic N) is 2. The average molecular weight is 483 g/mol. The molecule has 2 aromatic carbocycles. The number of ether oxygens (including phenoxy) is 2. The number of methoxy groups -OCH3 is 1. The first-order chi connectivity index (χ1) is 16.8. The summed E-state index contributed by atoms with van der Waals surface area (Å²) < 4.78 is 9.98. The molecule has 0 aliphatic carbocycles. The van der Waals surface area contributed by atoms with E-state index in [4.69, 9.17) is 9.47 Å². The maximum absolute atomic E-state index is 12.7. The molecule has 0 saturated heterocycles. The number of rotatable bonds is 13. The summed E-state index contributed by atoms with van der Waals surface area (Å²) in [6.45, 7) is 2.97. The largest absolute Gasteiger partial charge is 0.468 e. The molecule has 0 heterocycles. The van der Waals surface area contributed by atoms with Gasteiger partial charge in [-0.25, -0.2) is 9.59 Å². The molecule has 188 valence electrons. The van der Waals surface area contributed by atoms with E-state index in [1.807, 2.05) is 19.2 Å². The number of hydrogen-bond donors (Lipinski definition) is 2. The van der Waals surface area contributed by atoms with Crippen molar-refractivity contribution in [3.8, 4) is 6.07 Å². The topological polar surface area (TPSA) is 120 Å². The molecule has 2 aromatic rings. The summed E-state index contributed by atoms with van der Waals surface area (Å²) in [5.74, 6) is -0.982. The molecule has 35 heavy (non-hydrogen) atoms. The highest BCUT2D eigenvalue weighted by Crippen LogP contribution is 2.32. The highest BCUT2D eigenvalue weighted by atomic mass is 16.5. The second-order valence-corrected chi connectivity index (χ2v) is 8.38. The number of nitriles is 1. The van der Waals surface area contributed by atoms with E-state index in [0.717, 1.165) is 18.5 Å². The van der Waals surface area contributed by atoms with Crippen molar-refractivity contribution in [3.05, 3.63) is 70.3 Å². The first-order valence-corrected chi connectivity index (χ1v) is 11.6. The Morgan fingerprint density at radius 3 is 2.31 bits per heavy atom. The lowest BCUT2D eigenvalue weighted by Gasteiger charge is -2.26. The summed E-state index contributed by atoms with van der Waals surface area (Å²) >= 11 is 0. The van der Waals surface area contributed by atoms with E-state index in [9.17, 15) is 25.1 Å². The summed E-state index contributed by atoms with van der Waals surface area (Å²) in [4.78, 5) is 26.6. The number of esters is 2. The highest BCUT2D eigenvalue weighted by molar-refractivity contribution is 5.89. The Kier molecular flexibility index (Phi) is 10.9. The van der Waals surface area contributed by atoms with Gasteiger partial charge >= 0.3 is 11.9 Å². The molecule has 0 aliphatic heterocycles. The van der Waals surface area contributed by atoms with E-state index < -0.39 is 11.4 Å². The van der Waals surface area contributed by atoms with Crippen molar-refractivity contribution in [1.29, 1.82) is 5.26 Å². The first kappa shape index (κ1) is 28.0. The molecule has 8 nitrogen and oxygen atoms in total. The van der Waals surface area contributed by atoms with Crippen LogP contribution in [-0.4, -0.2) is 60.9 Å². The third-order valence-electron chi connectivity index (χ3n) is 6.10. The van der Waals surface area contributed by atoms with Crippen LogP contribution in [0.2, 0.25) is 0 Å². The third-order valence-corrected chi connectivity index (χ3v) is 6.10. The quantitative estimate of drug-likeness (QED) is 0.418. The van der Waals surface area contributed by atoms with Crippen LogP contribution in [0.25, 0.3) is 0 Å². The molecule has 0 radical (unpaired) electrons. The zero-order chi connectivity index (χ0) is 25.8. The molecule has 0 saturated carbocycles. The molecule has 0 aliphatic rings. The van der Waals surface area contributed by atoms with Gasteiger partial charge in [0.2, 0.25) is 0 Å². The summed E-state index contributed by atoms with van der Waals surface area (Å²) in [5.41, 5.74) is 1.57. The molecule has 2 rings (SSSR count). The van der Waals surface area contributed by atoms with Gasteiger partial charge in [0.05, 0.1) is 38.6 Å². The lowest BCUT2D eigenvalue weighted by molar-refractivity contribution is -0.145. The smallest absolute Gasteiger partial charge is 0.338 e. The van der Waals surface area contributed by atoms with E-state index in [1.165, 1.54) is 7.11 Å². The van der Waals surface area contributed by atoms with Gasteiger partial charge in [0.25, 0.3) is 0 Å². The van der Waals surface area contributed by atoms with Crippen LogP contribution in [0, 0.1) is 11.3 Å². The first-order valence-electron chi connectivity index (χ1n) is 11.6. The van der Waals surface area contributed by atoms with Gasteiger partial charge in [-0.05, 0) is 74.2 Å². The molecule has 0 amide bonds. The average Bonchev–Trinajstić information content (AvgIpc) is 2.89. The molecule has 1 atom stereocenters. The Morgan fingerprint density at radius 1 is 1.06 bits per heavy atom. The lowest BCUT2D eigenvalue weighted by atomic mass is 9.77. The van der Waals surface area contributed by atoms with Crippen molar-refractivity contribution in [2.75, 3.05) is 33.9 Å². The van der Waals surface area contributed by atoms with Crippen LogP contribution in [0.1, 0.15) is 52.4 Å². The van der Waals surface area contributed by atoms with Crippen LogP contribution in [0.4, 0.5) is 0 Å². The van der Waals surface area contributed by atoms with Crippen LogP contribution in [-0.2, 0) is 39.3 Å². The molecule has 2 N–H and O–H groups in total. The van der Waals surface area contributed by atoms with Gasteiger partial charge in [0, 0.05) is 6.54 Å². The van der Waals surface area contributed by atoms with Crippen molar-refractivity contribution < 1.29 is 29.3 Å². The van der Waals surface area contributed by atoms with E-state index in [0.29, 0.717) is 41.8 Å². The fourth-order valence-corrected chi connectivity index (χ4v) is 3.97. The Labute approximate surface area is 206 Å². The maximum Gasteiger partial charge on any atom is 0.338 e. The van der Waals surface area contributed by atoms with Crippen LogP contribution < -0.4 is 0 Å². The third kappa shape index (κ3) is 7.12. The van der Waals surface area contributed by atoms with Crippen molar-refractivity contribution in [2.45, 2.75) is 44.8 Å². The Hall–Kier alpha value is -3.25. The van der Waals surface area contributed by atoms with Crippen LogP contribution >= 0.6 is 0 Å². The highest BCUT2D eigenvalue weighted by Gasteiger charge is 2.42. The summed E-state index contributed by atoms with van der Waals surface area (Å²) in [5, 5.41) is 29.1. The standard InChI is InChI=1S/C27H34N2O6/c1-4-35-25(32)21-8-6-20(7-9-21)12-15-29(2)14-5-13-27(19-28,26(33)34-3)24-11-10-22(17-30)23(16-24)18-31/h6-11,16,30-31H,4-5,12-15,17-18H2,1-3H3. The van der Waals surface area contributed by atoms with Gasteiger partial charge < -0.3 is 24.6 Å². The Balaban J connectivity index is 2.01. The second kappa shape index (κ2) is 13.6. The van der Waals surface area contributed by atoms with Gasteiger partial charge in [0.15, 0.2) is 5.41 Å². The number of aliphatic hydroxyl groups excluding tert-OH is 2. The molecular formula is C27H34N2O6. The molecule has 0 spiro atoms. The monoisotopic (exact) mass is 482 g/mol. The normalized spacial score (nSPS) is 12.6. The van der Waals surface area contributed by atoms with Gasteiger partial charge in [-0.1, -0.05) is 30.3 Å². The second-order valence-electron chi connectivity index (χ2n) is 8.38. The fourth-order valence-electron chi connectivity index (χ4n) is 3.97. The summed E-state index contributed by atoms with van der Waals surface area (Å²) in [6.07, 6.45) is 1.59. The van der Waals surface area contributed by atoms with Gasteiger partial charge in [-0.3, -0.25) is 0 Å². The van der Waals surface area contributed by atoms with Crippen molar-refractivity contribution in [1.82, 2.24) is 4.90 Å². The number of likely N-dealkylation sites (N-methyl/N-ethyl adjacent to an activating group) is 1. The van der Waals surface area contributed by atoms with Crippen LogP contribution in [0.15, 0.2) is 42.5 Å². The minimum atomic E-state index is -1.50. The fraction of sp³-hybridized carbons (Fsp3) is 0.444. The summed E-state index contributed by atoms with van der Waals surface area (Å²) in [6, 6.07) is 14.3. The molecular weight excluding hydrogens is 448 g/mol. The number of carbonyl (C=O) groups excluding carboxylic acids is 2. The Morgan fingerprint density at radius 2 is 1.74 bits per heavy atom. The van der Waals surface area contributed by atoms with E-state index >= 15 is 0 Å². The maximum atomic E-state index is 12.7. The van der Waals surface area contributed by atoms with E-state index in [2.05, 4.69) is 11.0 Å². The predicted molar refractivity (Wildman–Crippen MR) is 130 cm³/mol. The number of benzene rings is 2.